The zero-order valence-electron chi connectivity index (χ0n) is 14.4. The molecule has 0 amide bonds. The maximum absolute atomic E-state index is 10.5. The van der Waals surface area contributed by atoms with Gasteiger partial charge in [0.05, 0.1) is 12.9 Å². The summed E-state index contributed by atoms with van der Waals surface area (Å²) in [5, 5.41) is 42.1. The van der Waals surface area contributed by atoms with Crippen molar-refractivity contribution in [2.45, 2.75) is 56.3 Å². The first-order valence-electron chi connectivity index (χ1n) is 8.79. The van der Waals surface area contributed by atoms with Crippen molar-refractivity contribution in [2.24, 2.45) is 0 Å². The van der Waals surface area contributed by atoms with Gasteiger partial charge in [-0.3, -0.25) is 9.40 Å². The van der Waals surface area contributed by atoms with Crippen molar-refractivity contribution in [3.05, 3.63) is 17.9 Å². The molecular formula is C15H21N6O6-. The van der Waals surface area contributed by atoms with Crippen LogP contribution in [0.4, 0.5) is 5.82 Å². The molecule has 3 heterocycles. The Hall–Kier alpha value is -1.93. The van der Waals surface area contributed by atoms with Crippen molar-refractivity contribution in [1.29, 1.82) is 0 Å². The summed E-state index contributed by atoms with van der Waals surface area (Å²) in [7, 11) is 0. The standard InChI is InChI=1S/C15H21N6O6/c22-11-9(5-26-21(24)25)27-15(12(11)23)20-7-18-10-13(16-6-17-14(10)20)19-8-3-1-2-4-8/h6-9,11-12,15,22-24H,1-5H2,(H,16,17,19)/q-1/t9-,11-,12-,15-/m1/s1. The molecular weight excluding hydrogens is 360 g/mol. The summed E-state index contributed by atoms with van der Waals surface area (Å²) in [6, 6.07) is 0.346. The Kier molecular flexibility index (Phi) is 5.19. The molecule has 148 valence electrons. The van der Waals surface area contributed by atoms with Crippen LogP contribution in [0.2, 0.25) is 0 Å². The molecule has 27 heavy (non-hydrogen) atoms. The number of fused-ring (bicyclic) bond motifs is 1. The second-order valence-corrected chi connectivity index (χ2v) is 6.75. The number of ether oxygens (including phenoxy) is 1. The number of rotatable bonds is 6. The van der Waals surface area contributed by atoms with Gasteiger partial charge in [0.25, 0.3) is 0 Å². The molecule has 2 aromatic heterocycles. The highest BCUT2D eigenvalue weighted by atomic mass is 17.1. The van der Waals surface area contributed by atoms with E-state index in [0.29, 0.717) is 23.0 Å². The highest BCUT2D eigenvalue weighted by Gasteiger charge is 2.44. The Morgan fingerprint density at radius 1 is 1.26 bits per heavy atom. The van der Waals surface area contributed by atoms with Crippen molar-refractivity contribution in [2.75, 3.05) is 11.9 Å². The maximum Gasteiger partial charge on any atom is 0.167 e. The molecule has 2 aliphatic rings. The lowest BCUT2D eigenvalue weighted by molar-refractivity contribution is -0.316. The molecule has 0 aromatic carbocycles. The third-order valence-corrected chi connectivity index (χ3v) is 5.02. The van der Waals surface area contributed by atoms with Crippen molar-refractivity contribution in [3.63, 3.8) is 0 Å². The number of hydrogen-bond donors (Lipinski definition) is 4. The van der Waals surface area contributed by atoms with Gasteiger partial charge in [0.15, 0.2) is 23.2 Å². The van der Waals surface area contributed by atoms with Gasteiger partial charge in [0, 0.05) is 6.04 Å². The number of nitrogens with one attached hydrogen (secondary N) is 1. The van der Waals surface area contributed by atoms with Gasteiger partial charge in [-0.15, -0.1) is 5.39 Å². The second-order valence-electron chi connectivity index (χ2n) is 6.75. The predicted octanol–water partition coefficient (Wildman–Crippen LogP) is -0.0794. The number of hydrogen-bond acceptors (Lipinski definition) is 11. The summed E-state index contributed by atoms with van der Waals surface area (Å²) in [5.74, 6) is 0.612. The number of aromatic nitrogens is 4. The lowest BCUT2D eigenvalue weighted by atomic mass is 10.1. The van der Waals surface area contributed by atoms with E-state index in [0.717, 1.165) is 12.8 Å². The average Bonchev–Trinajstić information content (AvgIpc) is 3.36. The van der Waals surface area contributed by atoms with E-state index >= 15 is 0 Å². The van der Waals surface area contributed by atoms with E-state index in [9.17, 15) is 15.4 Å². The largest absolute Gasteiger partial charge is 0.738 e. The molecule has 4 atom stereocenters. The SMILES string of the molecule is [O-]N(O)OC[C@H]1O[C@@H](n2cnc3c(NC4CCCC4)ncnc32)[C@H](O)[C@@H]1O. The summed E-state index contributed by atoms with van der Waals surface area (Å²) in [6.07, 6.45) is 2.76. The van der Waals surface area contributed by atoms with E-state index < -0.39 is 36.5 Å². The molecule has 0 unspecified atom stereocenters. The normalized spacial score (nSPS) is 29.2. The molecule has 1 saturated carbocycles. The van der Waals surface area contributed by atoms with Crippen LogP contribution in [0.1, 0.15) is 31.9 Å². The van der Waals surface area contributed by atoms with Gasteiger partial charge >= 0.3 is 0 Å². The molecule has 0 spiro atoms. The highest BCUT2D eigenvalue weighted by Crippen LogP contribution is 2.33. The summed E-state index contributed by atoms with van der Waals surface area (Å²) < 4.78 is 7.10. The smallest absolute Gasteiger partial charge is 0.167 e. The zero-order valence-corrected chi connectivity index (χ0v) is 14.4. The van der Waals surface area contributed by atoms with Gasteiger partial charge in [0.1, 0.15) is 24.6 Å². The topological polar surface area (TPSA) is 161 Å². The second kappa shape index (κ2) is 7.59. The first-order chi connectivity index (χ1) is 13.0. The average molecular weight is 381 g/mol. The fourth-order valence-corrected chi connectivity index (χ4v) is 3.64. The minimum absolute atomic E-state index is 0.346. The highest BCUT2D eigenvalue weighted by molar-refractivity contribution is 5.82. The van der Waals surface area contributed by atoms with Gasteiger partial charge < -0.3 is 30.7 Å². The Balaban J connectivity index is 1.56. The van der Waals surface area contributed by atoms with Crippen molar-refractivity contribution in [1.82, 2.24) is 24.9 Å². The molecule has 0 radical (unpaired) electrons. The summed E-state index contributed by atoms with van der Waals surface area (Å²) in [5.41, 5.74) is 0.978. The predicted molar refractivity (Wildman–Crippen MR) is 90.1 cm³/mol. The molecule has 12 heteroatoms. The summed E-state index contributed by atoms with van der Waals surface area (Å²) in [4.78, 5) is 17.2. The first kappa shape index (κ1) is 18.4. The van der Waals surface area contributed by atoms with E-state index in [1.54, 1.807) is 0 Å². The quantitative estimate of drug-likeness (QED) is 0.495. The minimum Gasteiger partial charge on any atom is -0.738 e. The summed E-state index contributed by atoms with van der Waals surface area (Å²) in [6.45, 7) is -0.426. The van der Waals surface area contributed by atoms with Gasteiger partial charge in [-0.1, -0.05) is 12.8 Å². The Morgan fingerprint density at radius 2 is 2.04 bits per heavy atom. The Bertz CT molecular complexity index is 781. The van der Waals surface area contributed by atoms with Gasteiger partial charge in [-0.2, -0.15) is 0 Å². The van der Waals surface area contributed by atoms with Crippen LogP contribution in [0.5, 0.6) is 0 Å². The van der Waals surface area contributed by atoms with Crippen molar-refractivity contribution >= 4 is 17.0 Å². The number of anilines is 1. The Morgan fingerprint density at radius 3 is 2.78 bits per heavy atom. The van der Waals surface area contributed by atoms with Crippen LogP contribution >= 0.6 is 0 Å². The number of nitrogens with zero attached hydrogens (tertiary/aromatic N) is 5. The number of aliphatic hydroxyl groups excluding tert-OH is 2. The fraction of sp³-hybridized carbons (Fsp3) is 0.667. The van der Waals surface area contributed by atoms with Crippen LogP contribution in [0, 0.1) is 5.21 Å². The van der Waals surface area contributed by atoms with Gasteiger partial charge in [0.2, 0.25) is 0 Å². The molecule has 4 N–H and O–H groups in total. The maximum atomic E-state index is 10.5. The molecule has 12 nitrogen and oxygen atoms in total. The lowest BCUT2D eigenvalue weighted by Crippen LogP contribution is -2.35. The number of imidazole rings is 1. The zero-order chi connectivity index (χ0) is 19.0. The van der Waals surface area contributed by atoms with E-state index in [4.69, 9.17) is 9.94 Å². The number of aliphatic hydroxyl groups is 2. The molecule has 1 aliphatic carbocycles. The summed E-state index contributed by atoms with van der Waals surface area (Å²) >= 11 is 0. The van der Waals surface area contributed by atoms with Crippen LogP contribution in [-0.2, 0) is 9.57 Å². The fourth-order valence-electron chi connectivity index (χ4n) is 3.64. The third kappa shape index (κ3) is 3.60. The molecule has 1 saturated heterocycles. The van der Waals surface area contributed by atoms with Crippen molar-refractivity contribution in [3.8, 4) is 0 Å². The van der Waals surface area contributed by atoms with Crippen LogP contribution in [0.15, 0.2) is 12.7 Å². The molecule has 2 aromatic rings. The van der Waals surface area contributed by atoms with E-state index in [2.05, 4.69) is 25.1 Å². The molecule has 1 aliphatic heterocycles. The molecule has 4 rings (SSSR count). The van der Waals surface area contributed by atoms with E-state index in [1.807, 2.05) is 0 Å². The first-order valence-corrected chi connectivity index (χ1v) is 8.79. The molecule has 0 bridgehead atoms. The van der Waals surface area contributed by atoms with Crippen LogP contribution in [0.25, 0.3) is 11.2 Å². The molecule has 2 fully saturated rings. The third-order valence-electron chi connectivity index (χ3n) is 5.02. The van der Waals surface area contributed by atoms with Gasteiger partial charge in [-0.25, -0.2) is 15.0 Å². The van der Waals surface area contributed by atoms with Crippen molar-refractivity contribution < 1.29 is 25.0 Å². The minimum atomic E-state index is -1.31. The Labute approximate surface area is 153 Å². The van der Waals surface area contributed by atoms with Crippen LogP contribution in [-0.4, -0.2) is 71.3 Å². The van der Waals surface area contributed by atoms with Gasteiger partial charge in [-0.05, 0) is 12.8 Å². The monoisotopic (exact) mass is 381 g/mol. The van der Waals surface area contributed by atoms with Crippen LogP contribution in [0.3, 0.4) is 0 Å². The van der Waals surface area contributed by atoms with E-state index in [1.165, 1.54) is 30.1 Å². The van der Waals surface area contributed by atoms with E-state index in [-0.39, 0.29) is 0 Å². The van der Waals surface area contributed by atoms with Crippen LogP contribution < -0.4 is 5.32 Å². The lowest BCUT2D eigenvalue weighted by Gasteiger charge is -2.21.